The van der Waals surface area contributed by atoms with Crippen LogP contribution in [0.15, 0.2) is 18.3 Å². The largest absolute Gasteiger partial charge is 0.493 e. The van der Waals surface area contributed by atoms with Crippen molar-refractivity contribution < 1.29 is 19.1 Å². The van der Waals surface area contributed by atoms with Gasteiger partial charge in [0.15, 0.2) is 11.4 Å². The molecule has 1 aliphatic carbocycles. The molecule has 0 aromatic carbocycles. The number of imidazole rings is 1. The van der Waals surface area contributed by atoms with Gasteiger partial charge in [0.25, 0.3) is 5.91 Å². The van der Waals surface area contributed by atoms with Gasteiger partial charge in [0.1, 0.15) is 10.7 Å². The number of carbonyl (C=O) groups is 2. The van der Waals surface area contributed by atoms with Crippen molar-refractivity contribution in [1.29, 1.82) is 0 Å². The summed E-state index contributed by atoms with van der Waals surface area (Å²) in [7, 11) is 1.57. The van der Waals surface area contributed by atoms with Gasteiger partial charge in [-0.05, 0) is 57.2 Å². The van der Waals surface area contributed by atoms with Crippen LogP contribution in [-0.2, 0) is 17.6 Å². The average molecular weight is 413 g/mol. The molecule has 0 unspecified atom stereocenters. The quantitative estimate of drug-likeness (QED) is 0.639. The molecule has 4 rings (SSSR count). The second-order valence-corrected chi connectivity index (χ2v) is 8.01. The first-order valence-corrected chi connectivity index (χ1v) is 10.5. The first kappa shape index (κ1) is 19.4. The van der Waals surface area contributed by atoms with E-state index >= 15 is 0 Å². The summed E-state index contributed by atoms with van der Waals surface area (Å²) in [4.78, 5) is 31.5. The molecule has 8 heteroatoms. The summed E-state index contributed by atoms with van der Waals surface area (Å²) in [5.41, 5.74) is 3.11. The molecule has 0 spiro atoms. The van der Waals surface area contributed by atoms with Crippen molar-refractivity contribution in [2.75, 3.05) is 19.0 Å². The number of hydrogen-bond donors (Lipinski definition) is 1. The number of ether oxygens (including phenoxy) is 2. The number of hydrogen-bond acceptors (Lipinski definition) is 6. The van der Waals surface area contributed by atoms with Crippen molar-refractivity contribution in [1.82, 2.24) is 9.38 Å². The molecule has 0 fully saturated rings. The van der Waals surface area contributed by atoms with Crippen molar-refractivity contribution in [3.05, 3.63) is 45.7 Å². The third-order valence-electron chi connectivity index (χ3n) is 5.10. The number of fused-ring (bicyclic) bond motifs is 2. The van der Waals surface area contributed by atoms with E-state index in [1.165, 1.54) is 11.3 Å². The maximum atomic E-state index is 13.2. The molecule has 0 bridgehead atoms. The average Bonchev–Trinajstić information content (AvgIpc) is 3.24. The van der Waals surface area contributed by atoms with E-state index in [1.807, 2.05) is 0 Å². The van der Waals surface area contributed by atoms with Gasteiger partial charge < -0.3 is 14.8 Å². The molecule has 0 saturated carbocycles. The van der Waals surface area contributed by atoms with Crippen LogP contribution in [0, 0.1) is 6.92 Å². The van der Waals surface area contributed by atoms with Crippen LogP contribution < -0.4 is 10.1 Å². The summed E-state index contributed by atoms with van der Waals surface area (Å²) in [6.07, 6.45) is 5.67. The van der Waals surface area contributed by atoms with Crippen molar-refractivity contribution in [2.24, 2.45) is 0 Å². The van der Waals surface area contributed by atoms with Gasteiger partial charge in [0.2, 0.25) is 0 Å². The number of nitrogens with one attached hydrogen (secondary N) is 1. The normalized spacial score (nSPS) is 13.2. The number of aryl methyl sites for hydroxylation is 2. The van der Waals surface area contributed by atoms with Gasteiger partial charge in [-0.25, -0.2) is 9.78 Å². The minimum atomic E-state index is -0.376. The lowest BCUT2D eigenvalue weighted by atomic mass is 9.95. The number of amides is 1. The van der Waals surface area contributed by atoms with Crippen molar-refractivity contribution in [3.8, 4) is 5.75 Å². The highest BCUT2D eigenvalue weighted by molar-refractivity contribution is 7.17. The Morgan fingerprint density at radius 2 is 2.10 bits per heavy atom. The maximum absolute atomic E-state index is 13.2. The maximum Gasteiger partial charge on any atom is 0.341 e. The number of nitrogens with zero attached hydrogens (tertiary/aromatic N) is 2. The van der Waals surface area contributed by atoms with Crippen LogP contribution in [0.2, 0.25) is 0 Å². The van der Waals surface area contributed by atoms with Gasteiger partial charge in [0, 0.05) is 11.1 Å². The van der Waals surface area contributed by atoms with E-state index in [9.17, 15) is 9.59 Å². The van der Waals surface area contributed by atoms with Crippen LogP contribution in [0.5, 0.6) is 5.75 Å². The zero-order valence-electron chi connectivity index (χ0n) is 16.7. The number of rotatable bonds is 5. The SMILES string of the molecule is CCOC(=O)c1c(NC(=O)c2c(C)nc3c(OC)cccn23)sc2c1CCCC2. The zero-order valence-corrected chi connectivity index (χ0v) is 17.5. The van der Waals surface area contributed by atoms with E-state index < -0.39 is 0 Å². The minimum absolute atomic E-state index is 0.295. The summed E-state index contributed by atoms with van der Waals surface area (Å²) in [6, 6.07) is 3.60. The second kappa shape index (κ2) is 7.87. The van der Waals surface area contributed by atoms with E-state index in [1.54, 1.807) is 43.7 Å². The number of anilines is 1. The van der Waals surface area contributed by atoms with Crippen molar-refractivity contribution in [3.63, 3.8) is 0 Å². The molecule has 0 saturated heterocycles. The fraction of sp³-hybridized carbons (Fsp3) is 0.381. The fourth-order valence-electron chi connectivity index (χ4n) is 3.82. The highest BCUT2D eigenvalue weighted by atomic mass is 32.1. The standard InChI is InChI=1S/C21H23N3O4S/c1-4-28-21(26)16-13-8-5-6-10-15(13)29-20(16)23-19(25)17-12(2)22-18-14(27-3)9-7-11-24(17)18/h7,9,11H,4-6,8,10H2,1-3H3,(H,23,25). The van der Waals surface area contributed by atoms with Crippen LogP contribution in [0.25, 0.3) is 5.65 Å². The number of carbonyl (C=O) groups excluding carboxylic acids is 2. The van der Waals surface area contributed by atoms with E-state index in [2.05, 4.69) is 10.3 Å². The lowest BCUT2D eigenvalue weighted by molar-refractivity contribution is 0.0526. The van der Waals surface area contributed by atoms with Crippen molar-refractivity contribution >= 4 is 33.9 Å². The van der Waals surface area contributed by atoms with Gasteiger partial charge >= 0.3 is 5.97 Å². The molecule has 0 atom stereocenters. The Kier molecular flexibility index (Phi) is 5.27. The number of esters is 1. The zero-order chi connectivity index (χ0) is 20.5. The molecule has 3 aromatic heterocycles. The molecular formula is C21H23N3O4S. The first-order chi connectivity index (χ1) is 14.0. The molecule has 7 nitrogen and oxygen atoms in total. The van der Waals surface area contributed by atoms with Crippen molar-refractivity contribution in [2.45, 2.75) is 39.5 Å². The highest BCUT2D eigenvalue weighted by Crippen LogP contribution is 2.39. The Hall–Kier alpha value is -2.87. The molecular weight excluding hydrogens is 390 g/mol. The summed E-state index contributed by atoms with van der Waals surface area (Å²) in [5, 5.41) is 3.51. The summed E-state index contributed by atoms with van der Waals surface area (Å²) in [5.74, 6) is -0.0976. The third kappa shape index (κ3) is 3.37. The molecule has 0 radical (unpaired) electrons. The molecule has 3 heterocycles. The molecule has 1 aliphatic rings. The van der Waals surface area contributed by atoms with Crippen LogP contribution in [0.3, 0.4) is 0 Å². The van der Waals surface area contributed by atoms with E-state index in [0.29, 0.717) is 40.0 Å². The Labute approximate surface area is 172 Å². The van der Waals surface area contributed by atoms with Gasteiger partial charge in [0.05, 0.1) is 25.0 Å². The molecule has 29 heavy (non-hydrogen) atoms. The van der Waals surface area contributed by atoms with Crippen LogP contribution in [0.1, 0.15) is 56.7 Å². The minimum Gasteiger partial charge on any atom is -0.493 e. The van der Waals surface area contributed by atoms with Gasteiger partial charge in [-0.15, -0.1) is 11.3 Å². The smallest absolute Gasteiger partial charge is 0.341 e. The topological polar surface area (TPSA) is 81.9 Å². The summed E-state index contributed by atoms with van der Waals surface area (Å²) < 4.78 is 12.3. The third-order valence-corrected chi connectivity index (χ3v) is 6.31. The van der Waals surface area contributed by atoms with Crippen LogP contribution in [-0.4, -0.2) is 35.0 Å². The Morgan fingerprint density at radius 1 is 1.31 bits per heavy atom. The van der Waals surface area contributed by atoms with Gasteiger partial charge in [-0.2, -0.15) is 0 Å². The lowest BCUT2D eigenvalue weighted by Crippen LogP contribution is -2.18. The molecule has 0 aliphatic heterocycles. The molecule has 152 valence electrons. The predicted molar refractivity (Wildman–Crippen MR) is 111 cm³/mol. The molecule has 1 N–H and O–H groups in total. The Morgan fingerprint density at radius 3 is 2.86 bits per heavy atom. The second-order valence-electron chi connectivity index (χ2n) is 6.91. The summed E-state index contributed by atoms with van der Waals surface area (Å²) >= 11 is 1.47. The monoisotopic (exact) mass is 413 g/mol. The van der Waals surface area contributed by atoms with E-state index in [0.717, 1.165) is 36.1 Å². The molecule has 3 aromatic rings. The van der Waals surface area contributed by atoms with Gasteiger partial charge in [-0.3, -0.25) is 9.20 Å². The van der Waals surface area contributed by atoms with Crippen LogP contribution in [0.4, 0.5) is 5.00 Å². The number of pyridine rings is 1. The van der Waals surface area contributed by atoms with Gasteiger partial charge in [-0.1, -0.05) is 0 Å². The van der Waals surface area contributed by atoms with Crippen LogP contribution >= 0.6 is 11.3 Å². The predicted octanol–water partition coefficient (Wildman–Crippen LogP) is 4.02. The number of thiophene rings is 1. The highest BCUT2D eigenvalue weighted by Gasteiger charge is 2.28. The van der Waals surface area contributed by atoms with E-state index in [-0.39, 0.29) is 11.9 Å². The Bertz CT molecular complexity index is 1100. The fourth-order valence-corrected chi connectivity index (χ4v) is 5.10. The van der Waals surface area contributed by atoms with E-state index in [4.69, 9.17) is 9.47 Å². The number of methoxy groups -OCH3 is 1. The number of aromatic nitrogens is 2. The lowest BCUT2D eigenvalue weighted by Gasteiger charge is -2.12. The summed E-state index contributed by atoms with van der Waals surface area (Å²) in [6.45, 7) is 3.86. The Balaban J connectivity index is 1.74. The first-order valence-electron chi connectivity index (χ1n) is 9.69. The molecule has 1 amide bonds.